The highest BCUT2D eigenvalue weighted by Crippen LogP contribution is 2.40. The predicted octanol–water partition coefficient (Wildman–Crippen LogP) is 10.0. The molecule has 0 aliphatic rings. The van der Waals surface area contributed by atoms with Crippen molar-refractivity contribution in [1.82, 2.24) is 29.1 Å². The summed E-state index contributed by atoms with van der Waals surface area (Å²) in [5.74, 6) is 0. The standard InChI is InChI=1S/C40H24N6S/c1-3-15-43-33(5-1)25-7-10-35-28(19-25)31-22-41-17-13-37(31)45(35)27-9-12-40-30(21-27)39(24-47-40)46-36-11-8-26(34-6-2-4-16-44-34)20-29(36)32-23-42-18-14-38(32)46/h1-24H. The van der Waals surface area contributed by atoms with Crippen molar-refractivity contribution in [2.45, 2.75) is 0 Å². The molecule has 10 aromatic rings. The van der Waals surface area contributed by atoms with Crippen LogP contribution in [0.3, 0.4) is 0 Å². The Bertz CT molecular complexity index is 2790. The number of thiophene rings is 1. The van der Waals surface area contributed by atoms with Gasteiger partial charge in [-0.25, -0.2) is 0 Å². The first kappa shape index (κ1) is 26.1. The van der Waals surface area contributed by atoms with Gasteiger partial charge < -0.3 is 9.13 Å². The van der Waals surface area contributed by atoms with E-state index in [1.807, 2.05) is 61.4 Å². The van der Waals surface area contributed by atoms with Crippen LogP contribution in [-0.4, -0.2) is 29.1 Å². The van der Waals surface area contributed by atoms with Crippen molar-refractivity contribution in [3.63, 3.8) is 0 Å². The van der Waals surface area contributed by atoms with Crippen molar-refractivity contribution in [2.75, 3.05) is 0 Å². The number of aromatic nitrogens is 6. The Labute approximate surface area is 272 Å². The molecule has 220 valence electrons. The molecule has 10 rings (SSSR count). The fourth-order valence-corrected chi connectivity index (χ4v) is 7.88. The van der Waals surface area contributed by atoms with Crippen molar-refractivity contribution < 1.29 is 0 Å². The molecule has 0 radical (unpaired) electrons. The van der Waals surface area contributed by atoms with Crippen molar-refractivity contribution in [3.8, 4) is 33.9 Å². The first-order valence-electron chi connectivity index (χ1n) is 15.4. The van der Waals surface area contributed by atoms with Crippen LogP contribution >= 0.6 is 11.3 Å². The van der Waals surface area contributed by atoms with Crippen molar-refractivity contribution in [2.24, 2.45) is 0 Å². The van der Waals surface area contributed by atoms with Crippen LogP contribution in [0.2, 0.25) is 0 Å². The summed E-state index contributed by atoms with van der Waals surface area (Å²) in [5, 5.41) is 8.02. The molecule has 6 nitrogen and oxygen atoms in total. The Hall–Kier alpha value is -6.18. The average molecular weight is 621 g/mol. The molecule has 0 aliphatic heterocycles. The van der Waals surface area contributed by atoms with Gasteiger partial charge in [-0.1, -0.05) is 24.3 Å². The van der Waals surface area contributed by atoms with E-state index >= 15 is 0 Å². The monoisotopic (exact) mass is 620 g/mol. The van der Waals surface area contributed by atoms with Crippen LogP contribution in [0.1, 0.15) is 0 Å². The van der Waals surface area contributed by atoms with Gasteiger partial charge in [-0.05, 0) is 78.9 Å². The Morgan fingerprint density at radius 3 is 1.68 bits per heavy atom. The van der Waals surface area contributed by atoms with Crippen LogP contribution < -0.4 is 0 Å². The van der Waals surface area contributed by atoms with Crippen LogP contribution in [0.25, 0.3) is 87.6 Å². The number of nitrogens with zero attached hydrogens (tertiary/aromatic N) is 6. The number of hydrogen-bond donors (Lipinski definition) is 0. The number of benzene rings is 3. The second-order valence-electron chi connectivity index (χ2n) is 11.7. The highest BCUT2D eigenvalue weighted by atomic mass is 32.1. The summed E-state index contributed by atoms with van der Waals surface area (Å²) in [6.07, 6.45) is 11.4. The Morgan fingerprint density at radius 1 is 0.468 bits per heavy atom. The van der Waals surface area contributed by atoms with Gasteiger partial charge in [0, 0.05) is 91.0 Å². The lowest BCUT2D eigenvalue weighted by Gasteiger charge is -2.11. The van der Waals surface area contributed by atoms with Crippen LogP contribution in [0.4, 0.5) is 0 Å². The fourth-order valence-electron chi connectivity index (χ4n) is 6.97. The van der Waals surface area contributed by atoms with E-state index < -0.39 is 0 Å². The highest BCUT2D eigenvalue weighted by Gasteiger charge is 2.19. The number of hydrogen-bond acceptors (Lipinski definition) is 5. The molecule has 0 amide bonds. The van der Waals surface area contributed by atoms with Crippen molar-refractivity contribution in [3.05, 3.63) is 146 Å². The van der Waals surface area contributed by atoms with Crippen LogP contribution in [-0.2, 0) is 0 Å². The van der Waals surface area contributed by atoms with Gasteiger partial charge in [0.15, 0.2) is 0 Å². The Balaban J connectivity index is 1.19. The molecule has 47 heavy (non-hydrogen) atoms. The van der Waals surface area contributed by atoms with Gasteiger partial charge in [0.05, 0.1) is 39.1 Å². The third kappa shape index (κ3) is 3.97. The molecule has 0 bridgehead atoms. The predicted molar refractivity (Wildman–Crippen MR) is 193 cm³/mol. The van der Waals surface area contributed by atoms with Crippen LogP contribution in [0.15, 0.2) is 146 Å². The zero-order valence-electron chi connectivity index (χ0n) is 24.9. The summed E-state index contributed by atoms with van der Waals surface area (Å²) >= 11 is 1.77. The minimum Gasteiger partial charge on any atom is -0.309 e. The molecular weight excluding hydrogens is 597 g/mol. The highest BCUT2D eigenvalue weighted by molar-refractivity contribution is 7.17. The topological polar surface area (TPSA) is 61.4 Å². The molecule has 7 heterocycles. The minimum atomic E-state index is 0.956. The van der Waals surface area contributed by atoms with E-state index in [2.05, 4.69) is 113 Å². The lowest BCUT2D eigenvalue weighted by atomic mass is 10.1. The summed E-state index contributed by atoms with van der Waals surface area (Å²) in [7, 11) is 0. The van der Waals surface area contributed by atoms with Gasteiger partial charge in [0.25, 0.3) is 0 Å². The van der Waals surface area contributed by atoms with Gasteiger partial charge in [0.2, 0.25) is 0 Å². The molecule has 0 spiro atoms. The molecule has 0 saturated carbocycles. The Kier molecular flexibility index (Phi) is 5.64. The van der Waals surface area contributed by atoms with E-state index in [-0.39, 0.29) is 0 Å². The van der Waals surface area contributed by atoms with Gasteiger partial charge in [0.1, 0.15) is 0 Å². The van der Waals surface area contributed by atoms with E-state index in [1.54, 1.807) is 11.3 Å². The average Bonchev–Trinajstić information content (AvgIpc) is 3.81. The minimum absolute atomic E-state index is 0.956. The zero-order chi connectivity index (χ0) is 30.9. The van der Waals surface area contributed by atoms with Gasteiger partial charge in [-0.2, -0.15) is 0 Å². The van der Waals surface area contributed by atoms with Crippen LogP contribution in [0, 0.1) is 0 Å². The van der Waals surface area contributed by atoms with E-state index in [1.165, 1.54) is 10.1 Å². The van der Waals surface area contributed by atoms with E-state index in [0.717, 1.165) is 77.5 Å². The Morgan fingerprint density at radius 2 is 1.06 bits per heavy atom. The molecule has 0 N–H and O–H groups in total. The van der Waals surface area contributed by atoms with Gasteiger partial charge in [-0.3, -0.25) is 19.9 Å². The quantitative estimate of drug-likeness (QED) is 0.196. The molecule has 7 aromatic heterocycles. The maximum atomic E-state index is 4.60. The lowest BCUT2D eigenvalue weighted by Crippen LogP contribution is -1.96. The summed E-state index contributed by atoms with van der Waals surface area (Å²) in [5.41, 5.74) is 10.9. The van der Waals surface area contributed by atoms with Gasteiger partial charge in [-0.15, -0.1) is 11.3 Å². The van der Waals surface area contributed by atoms with Gasteiger partial charge >= 0.3 is 0 Å². The number of pyridine rings is 4. The van der Waals surface area contributed by atoms with E-state index in [0.29, 0.717) is 0 Å². The fraction of sp³-hybridized carbons (Fsp3) is 0. The molecule has 0 saturated heterocycles. The first-order valence-corrected chi connectivity index (χ1v) is 16.3. The molecule has 3 aromatic carbocycles. The largest absolute Gasteiger partial charge is 0.309 e. The third-order valence-electron chi connectivity index (χ3n) is 9.09. The second kappa shape index (κ2) is 10.2. The maximum Gasteiger partial charge on any atom is 0.0702 e. The number of fused-ring (bicyclic) bond motifs is 7. The summed E-state index contributed by atoms with van der Waals surface area (Å²) in [4.78, 5) is 18.2. The maximum absolute atomic E-state index is 4.60. The SMILES string of the molecule is c1ccc(-c2ccc3c(c2)c2cnccc2n3-c2ccc3scc(-n4c5ccncc5c5cc(-c6ccccn6)ccc54)c3c2)nc1. The normalized spacial score (nSPS) is 11.8. The second-order valence-corrected chi connectivity index (χ2v) is 12.6. The summed E-state index contributed by atoms with van der Waals surface area (Å²) in [6, 6.07) is 36.3. The summed E-state index contributed by atoms with van der Waals surface area (Å²) in [6.45, 7) is 0. The molecule has 0 unspecified atom stereocenters. The molecule has 0 fully saturated rings. The zero-order valence-corrected chi connectivity index (χ0v) is 25.8. The lowest BCUT2D eigenvalue weighted by molar-refractivity contribution is 1.17. The number of rotatable bonds is 4. The van der Waals surface area contributed by atoms with E-state index in [9.17, 15) is 0 Å². The first-order chi connectivity index (χ1) is 23.3. The molecule has 0 aliphatic carbocycles. The van der Waals surface area contributed by atoms with Crippen molar-refractivity contribution >= 4 is 65.0 Å². The third-order valence-corrected chi connectivity index (χ3v) is 10.0. The molecular formula is C40H24N6S. The summed E-state index contributed by atoms with van der Waals surface area (Å²) < 4.78 is 5.97. The van der Waals surface area contributed by atoms with Crippen LogP contribution in [0.5, 0.6) is 0 Å². The smallest absolute Gasteiger partial charge is 0.0702 e. The van der Waals surface area contributed by atoms with E-state index in [4.69, 9.17) is 0 Å². The molecule has 7 heteroatoms. The molecule has 0 atom stereocenters. The van der Waals surface area contributed by atoms with Crippen molar-refractivity contribution in [1.29, 1.82) is 0 Å².